The van der Waals surface area contributed by atoms with E-state index in [4.69, 9.17) is 4.74 Å². The lowest BCUT2D eigenvalue weighted by Gasteiger charge is -2.18. The molecule has 4 nitrogen and oxygen atoms in total. The molecule has 0 bridgehead atoms. The van der Waals surface area contributed by atoms with Crippen LogP contribution in [0.2, 0.25) is 0 Å². The number of hydrogen-bond acceptors (Lipinski definition) is 3. The number of ether oxygens (including phenoxy) is 1. The molecule has 1 N–H and O–H groups in total. The summed E-state index contributed by atoms with van der Waals surface area (Å²) in [5.74, 6) is 0. The molecule has 18 heavy (non-hydrogen) atoms. The molecule has 0 aromatic carbocycles. The highest BCUT2D eigenvalue weighted by Gasteiger charge is 2.12. The summed E-state index contributed by atoms with van der Waals surface area (Å²) < 4.78 is 7.29. The largest absolute Gasteiger partial charge is 0.385 e. The summed E-state index contributed by atoms with van der Waals surface area (Å²) in [5.41, 5.74) is 2.42. The molecule has 1 atom stereocenters. The van der Waals surface area contributed by atoms with Gasteiger partial charge in [-0.05, 0) is 39.3 Å². The van der Waals surface area contributed by atoms with Gasteiger partial charge in [-0.2, -0.15) is 5.10 Å². The van der Waals surface area contributed by atoms with Crippen LogP contribution in [-0.2, 0) is 17.7 Å². The zero-order valence-corrected chi connectivity index (χ0v) is 12.2. The third-order valence-corrected chi connectivity index (χ3v) is 3.09. The minimum Gasteiger partial charge on any atom is -0.385 e. The predicted octanol–water partition coefficient (Wildman–Crippen LogP) is 2.16. The van der Waals surface area contributed by atoms with Crippen molar-refractivity contribution in [1.29, 1.82) is 0 Å². The average molecular weight is 253 g/mol. The number of hydrogen-bond donors (Lipinski definition) is 1. The maximum absolute atomic E-state index is 5.19. The lowest BCUT2D eigenvalue weighted by molar-refractivity contribution is 0.182. The van der Waals surface area contributed by atoms with Gasteiger partial charge in [0.25, 0.3) is 0 Å². The Labute approximate surface area is 111 Å². The van der Waals surface area contributed by atoms with E-state index in [0.29, 0.717) is 6.04 Å². The van der Waals surface area contributed by atoms with E-state index in [2.05, 4.69) is 41.9 Å². The molecule has 0 aliphatic rings. The van der Waals surface area contributed by atoms with E-state index in [0.717, 1.165) is 44.7 Å². The molecule has 104 valence electrons. The van der Waals surface area contributed by atoms with E-state index in [1.54, 1.807) is 7.11 Å². The molecule has 4 heteroatoms. The summed E-state index contributed by atoms with van der Waals surface area (Å²) in [7, 11) is 1.76. The Bertz CT molecular complexity index is 328. The van der Waals surface area contributed by atoms with E-state index in [9.17, 15) is 0 Å². The molecule has 0 saturated heterocycles. The summed E-state index contributed by atoms with van der Waals surface area (Å²) >= 11 is 0. The minimum atomic E-state index is 0.478. The highest BCUT2D eigenvalue weighted by molar-refractivity contribution is 5.10. The van der Waals surface area contributed by atoms with Crippen LogP contribution in [0.1, 0.15) is 38.1 Å². The number of methoxy groups -OCH3 is 1. The molecule has 0 radical (unpaired) electrons. The Morgan fingerprint density at radius 2 is 2.22 bits per heavy atom. The quantitative estimate of drug-likeness (QED) is 0.733. The van der Waals surface area contributed by atoms with Crippen LogP contribution >= 0.6 is 0 Å². The molecule has 1 aromatic rings. The molecular weight excluding hydrogens is 226 g/mol. The topological polar surface area (TPSA) is 39.1 Å². The van der Waals surface area contributed by atoms with Gasteiger partial charge in [0.05, 0.1) is 5.69 Å². The third kappa shape index (κ3) is 4.78. The van der Waals surface area contributed by atoms with E-state index in [-0.39, 0.29) is 0 Å². The Hall–Kier alpha value is -0.870. The van der Waals surface area contributed by atoms with Crippen molar-refractivity contribution >= 4 is 0 Å². The first-order valence-corrected chi connectivity index (χ1v) is 6.96. The Morgan fingerprint density at radius 3 is 2.83 bits per heavy atom. The molecule has 0 aliphatic carbocycles. The molecule has 0 saturated carbocycles. The number of aryl methyl sites for hydroxylation is 2. The number of nitrogens with one attached hydrogen (secondary N) is 1. The van der Waals surface area contributed by atoms with Crippen LogP contribution in [0.5, 0.6) is 0 Å². The van der Waals surface area contributed by atoms with Crippen molar-refractivity contribution in [2.45, 2.75) is 52.6 Å². The van der Waals surface area contributed by atoms with Crippen molar-refractivity contribution in [2.75, 3.05) is 20.3 Å². The van der Waals surface area contributed by atoms with Crippen LogP contribution in [0.4, 0.5) is 0 Å². The fraction of sp³-hybridized carbons (Fsp3) is 0.786. The number of rotatable bonds is 9. The van der Waals surface area contributed by atoms with Gasteiger partial charge in [-0.15, -0.1) is 0 Å². The van der Waals surface area contributed by atoms with E-state index in [1.807, 2.05) is 0 Å². The average Bonchev–Trinajstić information content (AvgIpc) is 2.72. The summed E-state index contributed by atoms with van der Waals surface area (Å²) in [6.07, 6.45) is 3.23. The lowest BCUT2D eigenvalue weighted by atomic mass is 10.1. The van der Waals surface area contributed by atoms with Crippen LogP contribution in [0.3, 0.4) is 0 Å². The number of aromatic nitrogens is 2. The highest BCUT2D eigenvalue weighted by Crippen LogP contribution is 2.09. The zero-order valence-electron chi connectivity index (χ0n) is 12.2. The smallest absolute Gasteiger partial charge is 0.0596 e. The monoisotopic (exact) mass is 253 g/mol. The van der Waals surface area contributed by atoms with Crippen molar-refractivity contribution in [3.63, 3.8) is 0 Å². The first kappa shape index (κ1) is 15.2. The van der Waals surface area contributed by atoms with E-state index < -0.39 is 0 Å². The molecule has 1 rings (SSSR count). The van der Waals surface area contributed by atoms with Gasteiger partial charge in [0.1, 0.15) is 0 Å². The standard InChI is InChI=1S/C14H27N3O/c1-5-8-15-13(7-9-18-4)11-14-10-12(3)16-17(14)6-2/h10,13,15H,5-9,11H2,1-4H3. The molecule has 0 amide bonds. The van der Waals surface area contributed by atoms with Gasteiger partial charge in [-0.1, -0.05) is 6.92 Å². The van der Waals surface area contributed by atoms with Gasteiger partial charge in [-0.25, -0.2) is 0 Å². The van der Waals surface area contributed by atoms with Gasteiger partial charge in [-0.3, -0.25) is 4.68 Å². The second kappa shape index (κ2) is 8.27. The third-order valence-electron chi connectivity index (χ3n) is 3.09. The van der Waals surface area contributed by atoms with Crippen molar-refractivity contribution in [3.05, 3.63) is 17.5 Å². The van der Waals surface area contributed by atoms with Crippen LogP contribution in [0, 0.1) is 6.92 Å². The number of nitrogens with zero attached hydrogens (tertiary/aromatic N) is 2. The predicted molar refractivity (Wildman–Crippen MR) is 74.9 cm³/mol. The lowest BCUT2D eigenvalue weighted by Crippen LogP contribution is -2.33. The molecule has 1 aromatic heterocycles. The first-order chi connectivity index (χ1) is 8.71. The van der Waals surface area contributed by atoms with Gasteiger partial charge in [0, 0.05) is 38.4 Å². The molecular formula is C14H27N3O. The van der Waals surface area contributed by atoms with Crippen LogP contribution in [0.15, 0.2) is 6.07 Å². The van der Waals surface area contributed by atoms with Gasteiger partial charge in [0.15, 0.2) is 0 Å². The Kier molecular flexibility index (Phi) is 6.98. The highest BCUT2D eigenvalue weighted by atomic mass is 16.5. The summed E-state index contributed by atoms with van der Waals surface area (Å²) in [5, 5.41) is 8.09. The van der Waals surface area contributed by atoms with Crippen LogP contribution in [0.25, 0.3) is 0 Å². The Balaban J connectivity index is 2.61. The normalized spacial score (nSPS) is 12.9. The molecule has 1 unspecified atom stereocenters. The van der Waals surface area contributed by atoms with Crippen LogP contribution < -0.4 is 5.32 Å². The molecule has 1 heterocycles. The summed E-state index contributed by atoms with van der Waals surface area (Å²) in [6.45, 7) is 9.20. The fourth-order valence-electron chi connectivity index (χ4n) is 2.17. The first-order valence-electron chi connectivity index (χ1n) is 6.96. The second-order valence-electron chi connectivity index (χ2n) is 4.73. The maximum atomic E-state index is 5.19. The van der Waals surface area contributed by atoms with Gasteiger partial charge >= 0.3 is 0 Å². The second-order valence-corrected chi connectivity index (χ2v) is 4.73. The Morgan fingerprint density at radius 1 is 1.44 bits per heavy atom. The zero-order chi connectivity index (χ0) is 13.4. The van der Waals surface area contributed by atoms with Crippen molar-refractivity contribution in [1.82, 2.24) is 15.1 Å². The fourth-order valence-corrected chi connectivity index (χ4v) is 2.17. The maximum Gasteiger partial charge on any atom is 0.0596 e. The van der Waals surface area contributed by atoms with E-state index >= 15 is 0 Å². The molecule has 0 aliphatic heterocycles. The SMILES string of the molecule is CCCNC(CCOC)Cc1cc(C)nn1CC. The van der Waals surface area contributed by atoms with Crippen LogP contribution in [-0.4, -0.2) is 36.1 Å². The van der Waals surface area contributed by atoms with Crippen molar-refractivity contribution < 1.29 is 4.74 Å². The summed E-state index contributed by atoms with van der Waals surface area (Å²) in [6, 6.07) is 2.67. The minimum absolute atomic E-state index is 0.478. The summed E-state index contributed by atoms with van der Waals surface area (Å²) in [4.78, 5) is 0. The van der Waals surface area contributed by atoms with Gasteiger partial charge < -0.3 is 10.1 Å². The van der Waals surface area contributed by atoms with Gasteiger partial charge in [0.2, 0.25) is 0 Å². The van der Waals surface area contributed by atoms with Crippen molar-refractivity contribution in [3.8, 4) is 0 Å². The molecule has 0 spiro atoms. The van der Waals surface area contributed by atoms with Crippen molar-refractivity contribution in [2.24, 2.45) is 0 Å². The molecule has 0 fully saturated rings. The van der Waals surface area contributed by atoms with E-state index in [1.165, 1.54) is 5.69 Å².